The summed E-state index contributed by atoms with van der Waals surface area (Å²) in [6.45, 7) is 2.23. The van der Waals surface area contributed by atoms with Crippen molar-refractivity contribution in [1.29, 1.82) is 0 Å². The third-order valence-corrected chi connectivity index (χ3v) is 6.52. The van der Waals surface area contributed by atoms with Gasteiger partial charge in [0.05, 0.1) is 0 Å². The molecule has 4 rings (SSSR count). The number of rotatable bonds is 4. The fourth-order valence-corrected chi connectivity index (χ4v) is 5.66. The molecule has 0 aliphatic heterocycles. The van der Waals surface area contributed by atoms with E-state index in [0.717, 1.165) is 30.1 Å². The molecule has 21 heavy (non-hydrogen) atoms. The van der Waals surface area contributed by atoms with Crippen molar-refractivity contribution >= 4 is 0 Å². The molecule has 114 valence electrons. The predicted octanol–water partition coefficient (Wildman–Crippen LogP) is 4.69. The van der Waals surface area contributed by atoms with Crippen molar-refractivity contribution in [1.82, 2.24) is 5.32 Å². The van der Waals surface area contributed by atoms with Crippen molar-refractivity contribution in [3.8, 4) is 0 Å². The maximum absolute atomic E-state index is 13.1. The van der Waals surface area contributed by atoms with Crippen LogP contribution in [0, 0.1) is 29.5 Å². The number of hydrogen-bond donors (Lipinski definition) is 1. The molecule has 1 N–H and O–H groups in total. The van der Waals surface area contributed by atoms with Crippen LogP contribution < -0.4 is 5.32 Å². The second kappa shape index (κ2) is 5.39. The van der Waals surface area contributed by atoms with Crippen LogP contribution in [0.15, 0.2) is 24.3 Å². The lowest BCUT2D eigenvalue weighted by molar-refractivity contribution is 0.197. The summed E-state index contributed by atoms with van der Waals surface area (Å²) in [6, 6.07) is 8.16. The van der Waals surface area contributed by atoms with E-state index in [2.05, 4.69) is 12.2 Å². The van der Waals surface area contributed by atoms with E-state index >= 15 is 0 Å². The second-order valence-electron chi connectivity index (χ2n) is 7.44. The summed E-state index contributed by atoms with van der Waals surface area (Å²) < 4.78 is 13.1. The average molecular weight is 287 g/mol. The van der Waals surface area contributed by atoms with E-state index in [4.69, 9.17) is 0 Å². The van der Waals surface area contributed by atoms with Gasteiger partial charge in [0.15, 0.2) is 0 Å². The molecule has 3 aliphatic carbocycles. The molecule has 2 heteroatoms. The maximum atomic E-state index is 13.1. The SMILES string of the molecule is CCC(NC1CC2CC1C1CCCC21)c1ccc(F)cc1. The number of nitrogens with one attached hydrogen (secondary N) is 1. The second-order valence-corrected chi connectivity index (χ2v) is 7.44. The first-order chi connectivity index (χ1) is 10.3. The Morgan fingerprint density at radius 2 is 1.86 bits per heavy atom. The highest BCUT2D eigenvalue weighted by atomic mass is 19.1. The molecule has 1 nitrogen and oxygen atoms in total. The normalized spacial score (nSPS) is 38.7. The van der Waals surface area contributed by atoms with Crippen molar-refractivity contribution in [2.75, 3.05) is 0 Å². The van der Waals surface area contributed by atoms with E-state index in [9.17, 15) is 4.39 Å². The van der Waals surface area contributed by atoms with Crippen LogP contribution in [0.5, 0.6) is 0 Å². The first-order valence-corrected chi connectivity index (χ1v) is 8.77. The van der Waals surface area contributed by atoms with Crippen LogP contribution >= 0.6 is 0 Å². The van der Waals surface area contributed by atoms with Gasteiger partial charge in [0.25, 0.3) is 0 Å². The third-order valence-electron chi connectivity index (χ3n) is 6.52. The van der Waals surface area contributed by atoms with Gasteiger partial charge in [-0.2, -0.15) is 0 Å². The van der Waals surface area contributed by atoms with E-state index in [-0.39, 0.29) is 5.82 Å². The van der Waals surface area contributed by atoms with Crippen molar-refractivity contribution in [3.63, 3.8) is 0 Å². The molecular formula is C19H26FN. The minimum absolute atomic E-state index is 0.137. The Bertz CT molecular complexity index is 497. The minimum atomic E-state index is -0.137. The summed E-state index contributed by atoms with van der Waals surface area (Å²) in [5.41, 5.74) is 1.24. The molecule has 0 spiro atoms. The number of fused-ring (bicyclic) bond motifs is 5. The zero-order valence-electron chi connectivity index (χ0n) is 12.9. The van der Waals surface area contributed by atoms with Gasteiger partial charge in [-0.25, -0.2) is 4.39 Å². The van der Waals surface area contributed by atoms with Crippen molar-refractivity contribution < 1.29 is 4.39 Å². The van der Waals surface area contributed by atoms with Gasteiger partial charge in [0.1, 0.15) is 5.82 Å². The Morgan fingerprint density at radius 1 is 1.10 bits per heavy atom. The largest absolute Gasteiger partial charge is 0.307 e. The molecule has 3 aliphatic rings. The highest BCUT2D eigenvalue weighted by Gasteiger charge is 2.53. The van der Waals surface area contributed by atoms with Crippen molar-refractivity contribution in [2.24, 2.45) is 23.7 Å². The first-order valence-electron chi connectivity index (χ1n) is 8.77. The summed E-state index contributed by atoms with van der Waals surface area (Å²) in [4.78, 5) is 0. The third kappa shape index (κ3) is 2.32. The van der Waals surface area contributed by atoms with E-state index in [0.29, 0.717) is 12.1 Å². The van der Waals surface area contributed by atoms with Crippen LogP contribution in [-0.2, 0) is 0 Å². The predicted molar refractivity (Wildman–Crippen MR) is 83.4 cm³/mol. The van der Waals surface area contributed by atoms with Crippen LogP contribution in [0.1, 0.15) is 57.1 Å². The minimum Gasteiger partial charge on any atom is -0.307 e. The smallest absolute Gasteiger partial charge is 0.123 e. The Labute approximate surface area is 127 Å². The molecule has 0 heterocycles. The van der Waals surface area contributed by atoms with Crippen LogP contribution in [-0.4, -0.2) is 6.04 Å². The average Bonchev–Trinajstić information content (AvgIpc) is 3.18. The summed E-state index contributed by atoms with van der Waals surface area (Å²) in [7, 11) is 0. The molecule has 1 aromatic rings. The van der Waals surface area contributed by atoms with Gasteiger partial charge in [-0.05, 0) is 73.5 Å². The van der Waals surface area contributed by atoms with Gasteiger partial charge in [-0.3, -0.25) is 0 Å². The molecular weight excluding hydrogens is 261 g/mol. The summed E-state index contributed by atoms with van der Waals surface area (Å²) in [5, 5.41) is 3.92. The zero-order chi connectivity index (χ0) is 14.4. The van der Waals surface area contributed by atoms with Gasteiger partial charge < -0.3 is 5.32 Å². The van der Waals surface area contributed by atoms with Gasteiger partial charge in [-0.15, -0.1) is 0 Å². The molecule has 0 aromatic heterocycles. The van der Waals surface area contributed by atoms with E-state index in [1.807, 2.05) is 12.1 Å². The molecule has 0 radical (unpaired) electrons. The van der Waals surface area contributed by atoms with Crippen molar-refractivity contribution in [3.05, 3.63) is 35.6 Å². The molecule has 0 saturated heterocycles. The lowest BCUT2D eigenvalue weighted by atomic mass is 9.78. The van der Waals surface area contributed by atoms with Crippen LogP contribution in [0.25, 0.3) is 0 Å². The molecule has 0 amide bonds. The first kappa shape index (κ1) is 13.8. The fraction of sp³-hybridized carbons (Fsp3) is 0.684. The number of hydrogen-bond acceptors (Lipinski definition) is 1. The number of benzene rings is 1. The Kier molecular flexibility index (Phi) is 3.53. The van der Waals surface area contributed by atoms with E-state index in [1.54, 1.807) is 12.1 Å². The molecule has 1 aromatic carbocycles. The van der Waals surface area contributed by atoms with Gasteiger partial charge in [0, 0.05) is 12.1 Å². The van der Waals surface area contributed by atoms with Crippen LogP contribution in [0.4, 0.5) is 4.39 Å². The molecule has 6 atom stereocenters. The highest BCUT2D eigenvalue weighted by Crippen LogP contribution is 2.58. The summed E-state index contributed by atoms with van der Waals surface area (Å²) >= 11 is 0. The summed E-state index contributed by atoms with van der Waals surface area (Å²) in [5.74, 6) is 3.83. The topological polar surface area (TPSA) is 12.0 Å². The molecule has 3 saturated carbocycles. The quantitative estimate of drug-likeness (QED) is 0.847. The van der Waals surface area contributed by atoms with Crippen LogP contribution in [0.3, 0.4) is 0 Å². The lowest BCUT2D eigenvalue weighted by Crippen LogP contribution is -2.41. The zero-order valence-corrected chi connectivity index (χ0v) is 12.9. The van der Waals surface area contributed by atoms with Gasteiger partial charge in [-0.1, -0.05) is 25.5 Å². The number of halogens is 1. The lowest BCUT2D eigenvalue weighted by Gasteiger charge is -2.34. The standard InChI is InChI=1S/C19H26FN/c1-2-18(12-6-8-14(20)9-7-12)21-19-11-13-10-17(19)16-5-3-4-15(13)16/h6-9,13,15-19,21H,2-5,10-11H2,1H3. The fourth-order valence-electron chi connectivity index (χ4n) is 5.66. The molecule has 2 bridgehead atoms. The van der Waals surface area contributed by atoms with Gasteiger partial charge >= 0.3 is 0 Å². The van der Waals surface area contributed by atoms with Crippen molar-refractivity contribution in [2.45, 2.75) is 57.5 Å². The highest BCUT2D eigenvalue weighted by molar-refractivity contribution is 5.20. The van der Waals surface area contributed by atoms with E-state index < -0.39 is 0 Å². The van der Waals surface area contributed by atoms with Gasteiger partial charge in [0.2, 0.25) is 0 Å². The van der Waals surface area contributed by atoms with Crippen LogP contribution in [0.2, 0.25) is 0 Å². The monoisotopic (exact) mass is 287 g/mol. The maximum Gasteiger partial charge on any atom is 0.123 e. The Hall–Kier alpha value is -0.890. The van der Waals surface area contributed by atoms with E-state index in [1.165, 1.54) is 37.7 Å². The molecule has 6 unspecified atom stereocenters. The molecule has 3 fully saturated rings. The Morgan fingerprint density at radius 3 is 2.62 bits per heavy atom. The summed E-state index contributed by atoms with van der Waals surface area (Å²) in [6.07, 6.45) is 8.35. The Balaban J connectivity index is 1.46.